The van der Waals surface area contributed by atoms with Crippen LogP contribution in [0.3, 0.4) is 0 Å². The van der Waals surface area contributed by atoms with E-state index in [1.165, 1.54) is 12.1 Å². The van der Waals surface area contributed by atoms with Crippen molar-refractivity contribution in [2.75, 3.05) is 10.8 Å². The van der Waals surface area contributed by atoms with Gasteiger partial charge in [-0.2, -0.15) is 26.3 Å². The lowest BCUT2D eigenvalue weighted by molar-refractivity contribution is -0.195. The van der Waals surface area contributed by atoms with Gasteiger partial charge in [-0.25, -0.2) is 8.42 Å². The molecule has 0 bridgehead atoms. The van der Waals surface area contributed by atoms with Crippen LogP contribution < -0.4 is 4.31 Å². The Labute approximate surface area is 199 Å². The molecule has 0 spiro atoms. The number of benzene rings is 2. The average molecular weight is 528 g/mol. The van der Waals surface area contributed by atoms with Gasteiger partial charge in [-0.15, -0.1) is 11.6 Å². The van der Waals surface area contributed by atoms with Crippen molar-refractivity contribution in [1.29, 1.82) is 0 Å². The molecule has 11 heteroatoms. The third-order valence-electron chi connectivity index (χ3n) is 6.25. The van der Waals surface area contributed by atoms with Crippen molar-refractivity contribution in [2.45, 2.75) is 54.7 Å². The summed E-state index contributed by atoms with van der Waals surface area (Å²) >= 11 is 6.52. The van der Waals surface area contributed by atoms with Crippen LogP contribution in [0.25, 0.3) is 0 Å². The topological polar surface area (TPSA) is 37.4 Å². The first-order valence-electron chi connectivity index (χ1n) is 10.7. The Morgan fingerprint density at radius 2 is 1.59 bits per heavy atom. The van der Waals surface area contributed by atoms with Crippen LogP contribution in [0.4, 0.5) is 32.0 Å². The van der Waals surface area contributed by atoms with Crippen LogP contribution in [-0.4, -0.2) is 26.0 Å². The predicted octanol–water partition coefficient (Wildman–Crippen LogP) is 7.27. The number of anilines is 1. The van der Waals surface area contributed by atoms with Crippen LogP contribution in [0, 0.1) is 11.8 Å². The van der Waals surface area contributed by atoms with Crippen molar-refractivity contribution in [2.24, 2.45) is 11.8 Å². The zero-order chi connectivity index (χ0) is 25.4. The number of sulfonamides is 1. The molecule has 1 aliphatic carbocycles. The quantitative estimate of drug-likeness (QED) is 0.293. The first-order valence-corrected chi connectivity index (χ1v) is 12.5. The zero-order valence-corrected chi connectivity index (χ0v) is 19.8. The summed E-state index contributed by atoms with van der Waals surface area (Å²) in [5, 5.41) is 0. The van der Waals surface area contributed by atoms with Gasteiger partial charge in [0.05, 0.1) is 26.9 Å². The highest BCUT2D eigenvalue weighted by Gasteiger charge is 2.54. The molecule has 0 aromatic heterocycles. The molecular weight excluding hydrogens is 504 g/mol. The summed E-state index contributed by atoms with van der Waals surface area (Å²) in [7, 11) is -4.38. The SMILES string of the molecule is CC1CCC(Cl)(CCN(c2ccccc2)S(=O)(=O)c2ccc(C(F)(F)F)cc2)C(C(F)(F)F)C1. The maximum Gasteiger partial charge on any atom is 0.416 e. The van der Waals surface area contributed by atoms with E-state index >= 15 is 0 Å². The Kier molecular flexibility index (Phi) is 7.53. The second kappa shape index (κ2) is 9.60. The molecule has 0 aliphatic heterocycles. The summed E-state index contributed by atoms with van der Waals surface area (Å²) < 4.78 is 108. The van der Waals surface area contributed by atoms with E-state index in [0.29, 0.717) is 18.6 Å². The number of halogens is 7. The molecule has 0 heterocycles. The Balaban J connectivity index is 1.95. The fraction of sp³-hybridized carbons (Fsp3) is 0.478. The van der Waals surface area contributed by atoms with Crippen LogP contribution in [0.1, 0.15) is 38.2 Å². The van der Waals surface area contributed by atoms with Gasteiger partial charge in [-0.3, -0.25) is 4.31 Å². The number of hydrogen-bond acceptors (Lipinski definition) is 2. The molecule has 0 amide bonds. The summed E-state index contributed by atoms with van der Waals surface area (Å²) in [5.41, 5.74) is -0.836. The first-order chi connectivity index (χ1) is 15.6. The van der Waals surface area contributed by atoms with Gasteiger partial charge in [0.2, 0.25) is 0 Å². The fourth-order valence-electron chi connectivity index (χ4n) is 4.33. The minimum Gasteiger partial charge on any atom is -0.266 e. The Hall–Kier alpha value is -1.94. The highest BCUT2D eigenvalue weighted by Crippen LogP contribution is 2.51. The summed E-state index contributed by atoms with van der Waals surface area (Å²) in [6, 6.07) is 10.7. The van der Waals surface area contributed by atoms with Crippen LogP contribution in [0.15, 0.2) is 59.5 Å². The predicted molar refractivity (Wildman–Crippen MR) is 118 cm³/mol. The van der Waals surface area contributed by atoms with Gasteiger partial charge in [0, 0.05) is 6.54 Å². The van der Waals surface area contributed by atoms with E-state index in [2.05, 4.69) is 0 Å². The molecule has 2 aromatic carbocycles. The van der Waals surface area contributed by atoms with Crippen LogP contribution in [-0.2, 0) is 16.2 Å². The molecule has 3 atom stereocenters. The fourth-order valence-corrected chi connectivity index (χ4v) is 6.20. The molecule has 1 saturated carbocycles. The highest BCUT2D eigenvalue weighted by atomic mass is 35.5. The van der Waals surface area contributed by atoms with E-state index in [9.17, 15) is 34.8 Å². The van der Waals surface area contributed by atoms with Crippen LogP contribution >= 0.6 is 11.6 Å². The minimum atomic E-state index is -4.64. The van der Waals surface area contributed by atoms with Crippen molar-refractivity contribution in [3.8, 4) is 0 Å². The number of para-hydroxylation sites is 1. The monoisotopic (exact) mass is 527 g/mol. The molecule has 3 nitrogen and oxygen atoms in total. The summed E-state index contributed by atoms with van der Waals surface area (Å²) in [4.78, 5) is -2.09. The van der Waals surface area contributed by atoms with Crippen molar-refractivity contribution in [3.05, 3.63) is 60.2 Å². The van der Waals surface area contributed by atoms with Gasteiger partial charge < -0.3 is 0 Å². The molecule has 3 rings (SSSR count). The van der Waals surface area contributed by atoms with Gasteiger partial charge >= 0.3 is 12.4 Å². The van der Waals surface area contributed by atoms with Gasteiger partial charge in [-0.1, -0.05) is 25.1 Å². The first kappa shape index (κ1) is 26.7. The van der Waals surface area contributed by atoms with Crippen molar-refractivity contribution in [3.63, 3.8) is 0 Å². The second-order valence-electron chi connectivity index (χ2n) is 8.69. The van der Waals surface area contributed by atoms with Crippen molar-refractivity contribution >= 4 is 27.3 Å². The lowest BCUT2D eigenvalue weighted by Gasteiger charge is -2.43. The molecule has 3 unspecified atom stereocenters. The maximum absolute atomic E-state index is 13.8. The number of hydrogen-bond donors (Lipinski definition) is 0. The summed E-state index contributed by atoms with van der Waals surface area (Å²) in [5.74, 6) is -1.96. The van der Waals surface area contributed by atoms with Crippen LogP contribution in [0.5, 0.6) is 0 Å². The number of rotatable bonds is 6. The zero-order valence-electron chi connectivity index (χ0n) is 18.2. The number of alkyl halides is 7. The standard InChI is InChI=1S/C23H24ClF6NO2S/c1-16-11-12-21(24,20(15-16)23(28,29)30)13-14-31(18-5-3-2-4-6-18)34(32,33)19-9-7-17(8-10-19)22(25,26)27/h2-10,16,20H,11-15H2,1H3. The van der Waals surface area contributed by atoms with E-state index in [1.54, 1.807) is 25.1 Å². The summed E-state index contributed by atoms with van der Waals surface area (Å²) in [6.07, 6.45) is -9.06. The molecular formula is C23H24ClF6NO2S. The third kappa shape index (κ3) is 5.82. The van der Waals surface area contributed by atoms with Gasteiger partial charge in [0.1, 0.15) is 0 Å². The summed E-state index contributed by atoms with van der Waals surface area (Å²) in [6.45, 7) is 1.36. The minimum absolute atomic E-state index is 0.0723. The maximum atomic E-state index is 13.8. The van der Waals surface area contributed by atoms with Gasteiger partial charge in [0.25, 0.3) is 10.0 Å². The molecule has 1 aliphatic rings. The average Bonchev–Trinajstić information content (AvgIpc) is 2.75. The molecule has 34 heavy (non-hydrogen) atoms. The third-order valence-corrected chi connectivity index (χ3v) is 8.74. The normalized spacial score (nSPS) is 24.1. The van der Waals surface area contributed by atoms with E-state index in [-0.39, 0.29) is 37.4 Å². The second-order valence-corrected chi connectivity index (χ2v) is 11.3. The van der Waals surface area contributed by atoms with Crippen LogP contribution in [0.2, 0.25) is 0 Å². The highest BCUT2D eigenvalue weighted by molar-refractivity contribution is 7.92. The van der Waals surface area contributed by atoms with Gasteiger partial charge in [0.15, 0.2) is 0 Å². The largest absolute Gasteiger partial charge is 0.416 e. The molecule has 1 fully saturated rings. The molecule has 0 radical (unpaired) electrons. The Morgan fingerprint density at radius 3 is 2.12 bits per heavy atom. The van der Waals surface area contributed by atoms with Crippen molar-refractivity contribution < 1.29 is 34.8 Å². The van der Waals surface area contributed by atoms with Crippen molar-refractivity contribution in [1.82, 2.24) is 0 Å². The van der Waals surface area contributed by atoms with E-state index in [4.69, 9.17) is 11.6 Å². The number of nitrogens with zero attached hydrogens (tertiary/aromatic N) is 1. The molecule has 0 saturated heterocycles. The molecule has 2 aromatic rings. The lowest BCUT2D eigenvalue weighted by atomic mass is 9.72. The van der Waals surface area contributed by atoms with E-state index in [1.807, 2.05) is 0 Å². The smallest absolute Gasteiger partial charge is 0.266 e. The lowest BCUT2D eigenvalue weighted by Crippen LogP contribution is -2.48. The Bertz CT molecular complexity index is 1070. The van der Waals surface area contributed by atoms with E-state index < -0.39 is 43.6 Å². The molecule has 188 valence electrons. The Morgan fingerprint density at radius 1 is 1.00 bits per heavy atom. The van der Waals surface area contributed by atoms with E-state index in [0.717, 1.165) is 16.4 Å². The van der Waals surface area contributed by atoms with Gasteiger partial charge in [-0.05, 0) is 68.0 Å². The molecule has 0 N–H and O–H groups in total.